The standard InChI is InChI=1S/C30H22N4O9/c35-25(17-5-11-23(12-6-17)43-24-13-9-22(10-14-24)34(41)42)16-31(28(36)18-3-7-21(8-4-18)33(39)40)32-29(37)26-19-1-2-20(15-19)27(26)30(32)38/h1-14,19-20,26-27H,15-16H2/t19-,20-,26-,27+/m0/s1. The highest BCUT2D eigenvalue weighted by Crippen LogP contribution is 2.52. The monoisotopic (exact) mass is 582 g/mol. The van der Waals surface area contributed by atoms with Crippen LogP contribution < -0.4 is 4.74 Å². The molecule has 1 saturated heterocycles. The van der Waals surface area contributed by atoms with Crippen LogP contribution in [0.15, 0.2) is 84.9 Å². The summed E-state index contributed by atoms with van der Waals surface area (Å²) in [5, 5.41) is 23.5. The number of fused-ring (bicyclic) bond motifs is 5. The maximum atomic E-state index is 13.7. The number of imide groups is 1. The second-order valence-electron chi connectivity index (χ2n) is 10.5. The largest absolute Gasteiger partial charge is 0.457 e. The number of rotatable bonds is 9. The lowest BCUT2D eigenvalue weighted by Crippen LogP contribution is -2.52. The average Bonchev–Trinajstić information content (AvgIpc) is 3.70. The van der Waals surface area contributed by atoms with E-state index in [1.807, 2.05) is 12.2 Å². The second-order valence-corrected chi connectivity index (χ2v) is 10.5. The molecule has 3 aliphatic rings. The topological polar surface area (TPSA) is 170 Å². The summed E-state index contributed by atoms with van der Waals surface area (Å²) in [5.74, 6) is -3.29. The van der Waals surface area contributed by atoms with Crippen molar-refractivity contribution >= 4 is 34.9 Å². The number of amides is 3. The molecule has 13 heteroatoms. The zero-order valence-electron chi connectivity index (χ0n) is 22.3. The van der Waals surface area contributed by atoms with Crippen LogP contribution in [0.4, 0.5) is 11.4 Å². The first-order valence-electron chi connectivity index (χ1n) is 13.3. The van der Waals surface area contributed by atoms with E-state index in [4.69, 9.17) is 4.74 Å². The van der Waals surface area contributed by atoms with Gasteiger partial charge in [0.05, 0.1) is 21.7 Å². The summed E-state index contributed by atoms with van der Waals surface area (Å²) in [6.45, 7) is -0.641. The van der Waals surface area contributed by atoms with Crippen LogP contribution >= 0.6 is 0 Å². The average molecular weight is 583 g/mol. The molecule has 0 unspecified atom stereocenters. The predicted octanol–water partition coefficient (Wildman–Crippen LogP) is 4.34. The summed E-state index contributed by atoms with van der Waals surface area (Å²) in [6, 6.07) is 16.0. The molecular weight excluding hydrogens is 560 g/mol. The highest BCUT2D eigenvalue weighted by molar-refractivity contribution is 6.10. The van der Waals surface area contributed by atoms with Crippen molar-refractivity contribution < 1.29 is 33.8 Å². The van der Waals surface area contributed by atoms with Crippen LogP contribution in [0, 0.1) is 43.9 Å². The molecule has 2 aliphatic carbocycles. The number of carbonyl (C=O) groups excluding carboxylic acids is 4. The molecule has 3 amide bonds. The smallest absolute Gasteiger partial charge is 0.273 e. The van der Waals surface area contributed by atoms with Gasteiger partial charge in [0.15, 0.2) is 5.78 Å². The fourth-order valence-electron chi connectivity index (χ4n) is 5.94. The second kappa shape index (κ2) is 10.6. The van der Waals surface area contributed by atoms with Gasteiger partial charge >= 0.3 is 0 Å². The fraction of sp³-hybridized carbons (Fsp3) is 0.200. The van der Waals surface area contributed by atoms with Crippen LogP contribution in [0.3, 0.4) is 0 Å². The van der Waals surface area contributed by atoms with Gasteiger partial charge in [-0.15, -0.1) is 0 Å². The van der Waals surface area contributed by atoms with Crippen LogP contribution in [0.2, 0.25) is 0 Å². The number of benzene rings is 3. The van der Waals surface area contributed by atoms with Crippen LogP contribution in [0.1, 0.15) is 27.1 Å². The van der Waals surface area contributed by atoms with E-state index in [-0.39, 0.29) is 34.3 Å². The van der Waals surface area contributed by atoms with E-state index < -0.39 is 51.7 Å². The Balaban J connectivity index is 1.24. The van der Waals surface area contributed by atoms with Gasteiger partial charge in [0.2, 0.25) is 0 Å². The predicted molar refractivity (Wildman–Crippen MR) is 148 cm³/mol. The van der Waals surface area contributed by atoms with E-state index in [0.29, 0.717) is 17.9 Å². The molecule has 0 aromatic heterocycles. The summed E-state index contributed by atoms with van der Waals surface area (Å²) in [5.41, 5.74) is -0.216. The molecule has 13 nitrogen and oxygen atoms in total. The molecule has 43 heavy (non-hydrogen) atoms. The number of allylic oxidation sites excluding steroid dienone is 2. The number of nitro benzene ring substituents is 2. The normalized spacial score (nSPS) is 21.5. The molecule has 1 heterocycles. The summed E-state index contributed by atoms with van der Waals surface area (Å²) in [7, 11) is 0. The highest BCUT2D eigenvalue weighted by atomic mass is 16.6. The van der Waals surface area contributed by atoms with Gasteiger partial charge in [0.1, 0.15) is 18.0 Å². The maximum absolute atomic E-state index is 13.7. The number of ketones is 1. The molecule has 1 aliphatic heterocycles. The van der Waals surface area contributed by atoms with Gasteiger partial charge in [-0.05, 0) is 66.8 Å². The lowest BCUT2D eigenvalue weighted by atomic mass is 9.85. The molecule has 3 aromatic carbocycles. The van der Waals surface area contributed by atoms with Gasteiger partial charge in [0, 0.05) is 35.4 Å². The van der Waals surface area contributed by atoms with Crippen molar-refractivity contribution in [1.82, 2.24) is 10.0 Å². The van der Waals surface area contributed by atoms with Crippen molar-refractivity contribution in [2.24, 2.45) is 23.7 Å². The molecular formula is C30H22N4O9. The first-order valence-corrected chi connectivity index (χ1v) is 13.3. The van der Waals surface area contributed by atoms with Gasteiger partial charge in [-0.1, -0.05) is 12.2 Å². The van der Waals surface area contributed by atoms with E-state index in [2.05, 4.69) is 0 Å². The van der Waals surface area contributed by atoms with Crippen LogP contribution in [-0.2, 0) is 9.59 Å². The number of carbonyl (C=O) groups is 4. The molecule has 0 radical (unpaired) electrons. The number of nitrogens with zero attached hydrogens (tertiary/aromatic N) is 4. The molecule has 1 saturated carbocycles. The number of ether oxygens (including phenoxy) is 1. The Labute approximate surface area is 243 Å². The highest BCUT2D eigenvalue weighted by Gasteiger charge is 2.61. The summed E-state index contributed by atoms with van der Waals surface area (Å²) >= 11 is 0. The van der Waals surface area contributed by atoms with E-state index in [1.165, 1.54) is 60.7 Å². The van der Waals surface area contributed by atoms with E-state index in [0.717, 1.165) is 22.2 Å². The molecule has 4 atom stereocenters. The minimum absolute atomic E-state index is 0.0380. The summed E-state index contributed by atoms with van der Waals surface area (Å²) < 4.78 is 5.68. The molecule has 0 spiro atoms. The van der Waals surface area contributed by atoms with Crippen molar-refractivity contribution in [3.8, 4) is 11.5 Å². The van der Waals surface area contributed by atoms with Crippen LogP contribution in [0.25, 0.3) is 0 Å². The fourth-order valence-corrected chi connectivity index (χ4v) is 5.94. The Hall–Kier alpha value is -5.72. The van der Waals surface area contributed by atoms with Crippen molar-refractivity contribution in [3.63, 3.8) is 0 Å². The zero-order valence-corrected chi connectivity index (χ0v) is 22.3. The lowest BCUT2D eigenvalue weighted by Gasteiger charge is -2.30. The zero-order chi connectivity index (χ0) is 30.4. The Morgan fingerprint density at radius 2 is 1.19 bits per heavy atom. The van der Waals surface area contributed by atoms with Crippen molar-refractivity contribution in [3.05, 3.63) is 116 Å². The lowest BCUT2D eigenvalue weighted by molar-refractivity contribution is -0.385. The van der Waals surface area contributed by atoms with E-state index in [9.17, 15) is 39.4 Å². The third kappa shape index (κ3) is 4.90. The maximum Gasteiger partial charge on any atom is 0.273 e. The Morgan fingerprint density at radius 1 is 0.744 bits per heavy atom. The number of hydrogen-bond acceptors (Lipinski definition) is 9. The van der Waals surface area contributed by atoms with Crippen molar-refractivity contribution in [2.45, 2.75) is 6.42 Å². The van der Waals surface area contributed by atoms with E-state index >= 15 is 0 Å². The third-order valence-electron chi connectivity index (χ3n) is 8.00. The van der Waals surface area contributed by atoms with Gasteiger partial charge < -0.3 is 4.74 Å². The Morgan fingerprint density at radius 3 is 1.67 bits per heavy atom. The molecule has 2 fully saturated rings. The van der Waals surface area contributed by atoms with Crippen LogP contribution in [0.5, 0.6) is 11.5 Å². The molecule has 6 rings (SSSR count). The first-order chi connectivity index (χ1) is 20.6. The molecule has 216 valence electrons. The van der Waals surface area contributed by atoms with Gasteiger partial charge in [-0.25, -0.2) is 5.01 Å². The first kappa shape index (κ1) is 27.4. The summed E-state index contributed by atoms with van der Waals surface area (Å²) in [6.07, 6.45) is 4.51. The van der Waals surface area contributed by atoms with Gasteiger partial charge in [-0.3, -0.25) is 39.4 Å². The minimum atomic E-state index is -0.830. The molecule has 2 bridgehead atoms. The number of nitro groups is 2. The number of Topliss-reactive ketones (excluding diaryl/α,β-unsaturated/α-hetero) is 1. The Bertz CT molecular complexity index is 1670. The van der Waals surface area contributed by atoms with Crippen molar-refractivity contribution in [1.29, 1.82) is 0 Å². The quantitative estimate of drug-likeness (QED) is 0.117. The van der Waals surface area contributed by atoms with Crippen molar-refractivity contribution in [2.75, 3.05) is 6.54 Å². The Kier molecular flexibility index (Phi) is 6.76. The summed E-state index contributed by atoms with van der Waals surface area (Å²) in [4.78, 5) is 74.9. The van der Waals surface area contributed by atoms with Crippen LogP contribution in [-0.4, -0.2) is 49.9 Å². The number of hydrogen-bond donors (Lipinski definition) is 0. The molecule has 0 N–H and O–H groups in total. The molecule has 3 aromatic rings. The van der Waals surface area contributed by atoms with E-state index in [1.54, 1.807) is 0 Å². The minimum Gasteiger partial charge on any atom is -0.457 e. The third-order valence-corrected chi connectivity index (χ3v) is 8.00. The van der Waals surface area contributed by atoms with Gasteiger partial charge in [-0.2, -0.15) is 5.01 Å². The SMILES string of the molecule is O=C(CN(C(=O)c1ccc([N+](=O)[O-])cc1)N1C(=O)[C@@H]2[C@H](C1=O)[C@H]1C=C[C@H]2C1)c1ccc(Oc2ccc([N+](=O)[O-])cc2)cc1. The number of hydrazine groups is 1. The van der Waals surface area contributed by atoms with Gasteiger partial charge in [0.25, 0.3) is 29.1 Å². The number of non-ortho nitro benzene ring substituents is 2.